The van der Waals surface area contributed by atoms with E-state index in [4.69, 9.17) is 0 Å². The van der Waals surface area contributed by atoms with Gasteiger partial charge < -0.3 is 10.1 Å². The van der Waals surface area contributed by atoms with Crippen LogP contribution < -0.4 is 5.32 Å². The van der Waals surface area contributed by atoms with E-state index in [0.717, 1.165) is 23.2 Å². The van der Waals surface area contributed by atoms with Crippen molar-refractivity contribution in [3.8, 4) is 0 Å². The number of benzene rings is 2. The maximum Gasteiger partial charge on any atom is 0.337 e. The van der Waals surface area contributed by atoms with Crippen LogP contribution in [0.3, 0.4) is 0 Å². The molecule has 0 aliphatic rings. The third-order valence-corrected chi connectivity index (χ3v) is 3.52. The first-order valence-electron chi connectivity index (χ1n) is 7.15. The fraction of sp³-hybridized carbons (Fsp3) is 0.222. The number of rotatable bonds is 4. The Kier molecular flexibility index (Phi) is 4.94. The maximum absolute atomic E-state index is 12.4. The van der Waals surface area contributed by atoms with Crippen molar-refractivity contribution in [1.29, 1.82) is 0 Å². The molecule has 4 heteroatoms. The van der Waals surface area contributed by atoms with Crippen LogP contribution in [-0.2, 0) is 11.2 Å². The van der Waals surface area contributed by atoms with Crippen LogP contribution >= 0.6 is 0 Å². The molecule has 0 saturated carbocycles. The summed E-state index contributed by atoms with van der Waals surface area (Å²) < 4.78 is 4.67. The third kappa shape index (κ3) is 3.34. The number of anilines is 1. The van der Waals surface area contributed by atoms with Crippen molar-refractivity contribution in [3.05, 3.63) is 64.7 Å². The van der Waals surface area contributed by atoms with E-state index in [2.05, 4.69) is 10.1 Å². The van der Waals surface area contributed by atoms with E-state index in [0.29, 0.717) is 11.1 Å². The van der Waals surface area contributed by atoms with E-state index in [1.165, 1.54) is 13.2 Å². The monoisotopic (exact) mass is 297 g/mol. The van der Waals surface area contributed by atoms with Gasteiger partial charge in [0.05, 0.1) is 12.7 Å². The van der Waals surface area contributed by atoms with Gasteiger partial charge in [0.2, 0.25) is 0 Å². The van der Waals surface area contributed by atoms with Gasteiger partial charge in [-0.15, -0.1) is 0 Å². The number of ether oxygens (including phenoxy) is 1. The average Bonchev–Trinajstić information content (AvgIpc) is 2.55. The van der Waals surface area contributed by atoms with Gasteiger partial charge in [-0.25, -0.2) is 4.79 Å². The molecule has 0 atom stereocenters. The Labute approximate surface area is 130 Å². The van der Waals surface area contributed by atoms with Crippen LogP contribution in [0, 0.1) is 6.92 Å². The number of aryl methyl sites for hydroxylation is 2. The smallest absolute Gasteiger partial charge is 0.337 e. The number of methoxy groups -OCH3 is 1. The molecule has 0 radical (unpaired) electrons. The van der Waals surface area contributed by atoms with Crippen LogP contribution in [0.5, 0.6) is 0 Å². The summed E-state index contributed by atoms with van der Waals surface area (Å²) in [5, 5.41) is 2.94. The van der Waals surface area contributed by atoms with Crippen molar-refractivity contribution >= 4 is 17.6 Å². The minimum absolute atomic E-state index is 0.241. The van der Waals surface area contributed by atoms with Gasteiger partial charge in [-0.3, -0.25) is 4.79 Å². The predicted molar refractivity (Wildman–Crippen MR) is 86.3 cm³/mol. The second-order valence-corrected chi connectivity index (χ2v) is 4.99. The Morgan fingerprint density at radius 3 is 2.45 bits per heavy atom. The Hall–Kier alpha value is -2.62. The first-order chi connectivity index (χ1) is 10.6. The minimum atomic E-state index is -0.459. The van der Waals surface area contributed by atoms with Crippen molar-refractivity contribution in [2.75, 3.05) is 12.4 Å². The van der Waals surface area contributed by atoms with Gasteiger partial charge in [0, 0.05) is 11.3 Å². The van der Waals surface area contributed by atoms with E-state index in [1.807, 2.05) is 32.0 Å². The van der Waals surface area contributed by atoms with Crippen LogP contribution in [-0.4, -0.2) is 19.0 Å². The van der Waals surface area contributed by atoms with E-state index in [9.17, 15) is 9.59 Å². The van der Waals surface area contributed by atoms with Crippen molar-refractivity contribution < 1.29 is 14.3 Å². The topological polar surface area (TPSA) is 55.4 Å². The minimum Gasteiger partial charge on any atom is -0.465 e. The Bertz CT molecular complexity index is 707. The molecule has 0 fully saturated rings. The van der Waals surface area contributed by atoms with Crippen LogP contribution in [0.25, 0.3) is 0 Å². The first kappa shape index (κ1) is 15.8. The fourth-order valence-corrected chi connectivity index (χ4v) is 2.29. The molecule has 0 aromatic heterocycles. The summed E-state index contributed by atoms with van der Waals surface area (Å²) in [6.07, 6.45) is 0.833. The lowest BCUT2D eigenvalue weighted by molar-refractivity contribution is 0.0600. The number of hydrogen-bond donors (Lipinski definition) is 1. The number of para-hydroxylation sites is 1. The molecule has 2 rings (SSSR count). The van der Waals surface area contributed by atoms with Gasteiger partial charge in [0.15, 0.2) is 0 Å². The summed E-state index contributed by atoms with van der Waals surface area (Å²) in [5.41, 5.74) is 3.71. The van der Waals surface area contributed by atoms with Crippen molar-refractivity contribution in [1.82, 2.24) is 0 Å². The molecule has 0 bridgehead atoms. The van der Waals surface area contributed by atoms with Gasteiger partial charge in [-0.05, 0) is 42.7 Å². The summed E-state index contributed by atoms with van der Waals surface area (Å²) in [5.74, 6) is -0.699. The second-order valence-electron chi connectivity index (χ2n) is 4.99. The molecular formula is C18H19NO3. The number of carbonyl (C=O) groups is 2. The fourth-order valence-electron chi connectivity index (χ4n) is 2.29. The molecule has 22 heavy (non-hydrogen) atoms. The van der Waals surface area contributed by atoms with E-state index >= 15 is 0 Å². The van der Waals surface area contributed by atoms with Crippen LogP contribution in [0.15, 0.2) is 42.5 Å². The summed E-state index contributed by atoms with van der Waals surface area (Å²) >= 11 is 0. The van der Waals surface area contributed by atoms with Crippen LogP contribution in [0.2, 0.25) is 0 Å². The van der Waals surface area contributed by atoms with Crippen LogP contribution in [0.1, 0.15) is 38.8 Å². The Balaban J connectivity index is 2.29. The summed E-state index contributed by atoms with van der Waals surface area (Å²) in [6, 6.07) is 12.4. The molecule has 0 heterocycles. The quantitative estimate of drug-likeness (QED) is 0.877. The normalized spacial score (nSPS) is 10.1. The van der Waals surface area contributed by atoms with E-state index < -0.39 is 5.97 Å². The first-order valence-corrected chi connectivity index (χ1v) is 7.15. The van der Waals surface area contributed by atoms with Crippen molar-refractivity contribution in [2.24, 2.45) is 0 Å². The van der Waals surface area contributed by atoms with Gasteiger partial charge in [-0.1, -0.05) is 31.2 Å². The highest BCUT2D eigenvalue weighted by molar-refractivity contribution is 6.06. The zero-order valence-corrected chi connectivity index (χ0v) is 13.0. The SMILES string of the molecule is CCc1cccc(C)c1NC(=O)c1cccc(C(=O)OC)c1. The predicted octanol–water partition coefficient (Wildman–Crippen LogP) is 3.60. The van der Waals surface area contributed by atoms with Crippen LogP contribution in [0.4, 0.5) is 5.69 Å². The van der Waals surface area contributed by atoms with Crippen molar-refractivity contribution in [3.63, 3.8) is 0 Å². The summed E-state index contributed by atoms with van der Waals surface area (Å²) in [6.45, 7) is 4.00. The molecule has 0 unspecified atom stereocenters. The van der Waals surface area contributed by atoms with E-state index in [1.54, 1.807) is 18.2 Å². The number of esters is 1. The summed E-state index contributed by atoms with van der Waals surface area (Å²) in [4.78, 5) is 24.0. The molecule has 1 N–H and O–H groups in total. The molecule has 0 aliphatic carbocycles. The number of amides is 1. The average molecular weight is 297 g/mol. The molecule has 2 aromatic rings. The second kappa shape index (κ2) is 6.89. The van der Waals surface area contributed by atoms with Gasteiger partial charge in [0.25, 0.3) is 5.91 Å². The van der Waals surface area contributed by atoms with Gasteiger partial charge >= 0.3 is 5.97 Å². The number of nitrogens with one attached hydrogen (secondary N) is 1. The molecule has 4 nitrogen and oxygen atoms in total. The molecule has 1 amide bonds. The summed E-state index contributed by atoms with van der Waals surface area (Å²) in [7, 11) is 1.32. The highest BCUT2D eigenvalue weighted by atomic mass is 16.5. The third-order valence-electron chi connectivity index (χ3n) is 3.52. The lowest BCUT2D eigenvalue weighted by atomic mass is 10.0. The molecule has 2 aromatic carbocycles. The lowest BCUT2D eigenvalue weighted by Gasteiger charge is -2.13. The molecule has 0 spiro atoms. The highest BCUT2D eigenvalue weighted by Crippen LogP contribution is 2.22. The molecule has 0 saturated heterocycles. The standard InChI is InChI=1S/C18H19NO3/c1-4-13-8-5-7-12(2)16(13)19-17(20)14-9-6-10-15(11-14)18(21)22-3/h5-11H,4H2,1-3H3,(H,19,20). The van der Waals surface area contributed by atoms with Gasteiger partial charge in [-0.2, -0.15) is 0 Å². The zero-order chi connectivity index (χ0) is 16.1. The zero-order valence-electron chi connectivity index (χ0n) is 13.0. The highest BCUT2D eigenvalue weighted by Gasteiger charge is 2.13. The lowest BCUT2D eigenvalue weighted by Crippen LogP contribution is -2.15. The van der Waals surface area contributed by atoms with E-state index in [-0.39, 0.29) is 5.91 Å². The number of carbonyl (C=O) groups excluding carboxylic acids is 2. The number of hydrogen-bond acceptors (Lipinski definition) is 3. The Morgan fingerprint density at radius 1 is 1.09 bits per heavy atom. The van der Waals surface area contributed by atoms with Gasteiger partial charge in [0.1, 0.15) is 0 Å². The maximum atomic E-state index is 12.4. The Morgan fingerprint density at radius 2 is 1.77 bits per heavy atom. The molecule has 0 aliphatic heterocycles. The largest absolute Gasteiger partial charge is 0.465 e. The van der Waals surface area contributed by atoms with Crippen molar-refractivity contribution in [2.45, 2.75) is 20.3 Å². The molecule has 114 valence electrons. The molecular weight excluding hydrogens is 278 g/mol.